The summed E-state index contributed by atoms with van der Waals surface area (Å²) in [6, 6.07) is 25.1. The van der Waals surface area contributed by atoms with E-state index < -0.39 is 41.5 Å². The second-order valence-electron chi connectivity index (χ2n) is 11.5. The van der Waals surface area contributed by atoms with Crippen LogP contribution in [0.4, 0.5) is 4.79 Å². The predicted molar refractivity (Wildman–Crippen MR) is 172 cm³/mol. The largest absolute Gasteiger partial charge is 0.497 e. The Bertz CT molecular complexity index is 1770. The van der Waals surface area contributed by atoms with Crippen LogP contribution in [0, 0.1) is 5.92 Å². The number of urea groups is 1. The first-order valence-corrected chi connectivity index (χ1v) is 15.0. The first kappa shape index (κ1) is 30.6. The minimum absolute atomic E-state index is 0.0858. The number of carbonyl (C=O) groups is 3. The van der Waals surface area contributed by atoms with E-state index in [0.29, 0.717) is 29.3 Å². The van der Waals surface area contributed by atoms with E-state index in [1.54, 1.807) is 7.11 Å². The number of nitrogens with one attached hydrogen (secondary N) is 3. The van der Waals surface area contributed by atoms with Crippen molar-refractivity contribution in [2.24, 2.45) is 5.92 Å². The zero-order valence-corrected chi connectivity index (χ0v) is 25.3. The van der Waals surface area contributed by atoms with Crippen molar-refractivity contribution < 1.29 is 29.0 Å². The van der Waals surface area contributed by atoms with Gasteiger partial charge in [0.05, 0.1) is 24.9 Å². The molecule has 1 saturated heterocycles. The van der Waals surface area contributed by atoms with Crippen molar-refractivity contribution in [1.82, 2.24) is 26.1 Å². The van der Waals surface area contributed by atoms with E-state index >= 15 is 0 Å². The number of benzene rings is 3. The molecule has 11 heteroatoms. The number of carboxylic acids is 1. The SMILES string of the molecule is C=C[C@@H]1C[C@@]1(NC(=O)[C@H]1C[C@@H](Oc2cc(-c3ccccc3)nc3cc(OC)ccc23)CN1C(=O)NNCc1ccccc1)C(=O)O. The van der Waals surface area contributed by atoms with Gasteiger partial charge in [0.1, 0.15) is 29.2 Å². The van der Waals surface area contributed by atoms with Gasteiger partial charge >= 0.3 is 12.0 Å². The standard InChI is InChI=1S/C35H35N5O6/c1-3-24-19-35(24,33(42)43)38-32(41)30-17-26(21-40(30)34(44)39-36-20-22-10-6-4-7-11-22)46-31-18-28(23-12-8-5-9-13-23)37-29-16-25(45-2)14-15-27(29)31/h3-16,18,24,26,30,36H,1,17,19-21H2,2H3,(H,38,41)(H,39,44)(H,42,43)/t24-,26-,30-,35+/m1/s1. The van der Waals surface area contributed by atoms with Crippen molar-refractivity contribution in [3.63, 3.8) is 0 Å². The maximum atomic E-state index is 13.7. The van der Waals surface area contributed by atoms with E-state index in [-0.39, 0.29) is 19.4 Å². The molecule has 1 saturated carbocycles. The summed E-state index contributed by atoms with van der Waals surface area (Å²) < 4.78 is 12.0. The van der Waals surface area contributed by atoms with Crippen molar-refractivity contribution in [1.29, 1.82) is 0 Å². The van der Waals surface area contributed by atoms with Gasteiger partial charge in [0.2, 0.25) is 5.91 Å². The average Bonchev–Trinajstić information content (AvgIpc) is 3.64. The minimum atomic E-state index is -1.43. The average molecular weight is 622 g/mol. The molecule has 1 aliphatic heterocycles. The first-order valence-electron chi connectivity index (χ1n) is 15.0. The van der Waals surface area contributed by atoms with E-state index in [1.807, 2.05) is 84.9 Å². The van der Waals surface area contributed by atoms with Crippen molar-refractivity contribution in [3.8, 4) is 22.8 Å². The summed E-state index contributed by atoms with van der Waals surface area (Å²) in [5.41, 5.74) is 7.37. The molecule has 4 N–H and O–H groups in total. The van der Waals surface area contributed by atoms with Crippen LogP contribution < -0.4 is 25.6 Å². The molecule has 3 aromatic carbocycles. The lowest BCUT2D eigenvalue weighted by Crippen LogP contribution is -2.55. The highest BCUT2D eigenvalue weighted by molar-refractivity contribution is 5.95. The molecule has 4 atom stereocenters. The van der Waals surface area contributed by atoms with Crippen LogP contribution in [0.1, 0.15) is 18.4 Å². The van der Waals surface area contributed by atoms with Gasteiger partial charge in [-0.05, 0) is 24.1 Å². The normalized spacial score (nSPS) is 21.8. The molecule has 2 aliphatic rings. The zero-order chi connectivity index (χ0) is 32.3. The number of methoxy groups -OCH3 is 1. The van der Waals surface area contributed by atoms with Crippen LogP contribution in [0.25, 0.3) is 22.2 Å². The van der Waals surface area contributed by atoms with Gasteiger partial charge in [-0.1, -0.05) is 66.7 Å². The fourth-order valence-electron chi connectivity index (χ4n) is 5.90. The number of fused-ring (bicyclic) bond motifs is 1. The quantitative estimate of drug-likeness (QED) is 0.144. The molecule has 0 radical (unpaired) electrons. The number of hydrogen-bond acceptors (Lipinski definition) is 7. The molecule has 0 unspecified atom stereocenters. The van der Waals surface area contributed by atoms with Gasteiger partial charge < -0.3 is 24.8 Å². The first-order chi connectivity index (χ1) is 22.3. The van der Waals surface area contributed by atoms with Crippen LogP contribution in [-0.2, 0) is 16.1 Å². The number of aliphatic carboxylic acids is 1. The number of rotatable bonds is 11. The maximum absolute atomic E-state index is 13.7. The number of carboxylic acid groups (broad SMARTS) is 1. The molecule has 0 spiro atoms. The predicted octanol–water partition coefficient (Wildman–Crippen LogP) is 4.29. The van der Waals surface area contributed by atoms with Gasteiger partial charge in [-0.15, -0.1) is 6.58 Å². The van der Waals surface area contributed by atoms with E-state index in [9.17, 15) is 19.5 Å². The highest BCUT2D eigenvalue weighted by Gasteiger charge is 2.61. The van der Waals surface area contributed by atoms with Crippen LogP contribution in [0.2, 0.25) is 0 Å². The molecule has 0 bridgehead atoms. The number of carbonyl (C=O) groups excluding carboxylic acids is 2. The number of pyridine rings is 1. The molecule has 2 fully saturated rings. The number of amides is 3. The van der Waals surface area contributed by atoms with E-state index in [4.69, 9.17) is 14.5 Å². The summed E-state index contributed by atoms with van der Waals surface area (Å²) in [6.07, 6.45) is 1.33. The fourth-order valence-corrected chi connectivity index (χ4v) is 5.90. The molecule has 11 nitrogen and oxygen atoms in total. The summed E-state index contributed by atoms with van der Waals surface area (Å²) in [5.74, 6) is -0.913. The number of hydrazine groups is 1. The minimum Gasteiger partial charge on any atom is -0.497 e. The van der Waals surface area contributed by atoms with Gasteiger partial charge in [-0.3, -0.25) is 10.2 Å². The van der Waals surface area contributed by atoms with E-state index in [1.165, 1.54) is 11.0 Å². The van der Waals surface area contributed by atoms with Crippen molar-refractivity contribution in [2.75, 3.05) is 13.7 Å². The third-order valence-corrected chi connectivity index (χ3v) is 8.53. The number of aromatic nitrogens is 1. The summed E-state index contributed by atoms with van der Waals surface area (Å²) in [4.78, 5) is 45.5. The molecule has 4 aromatic rings. The monoisotopic (exact) mass is 621 g/mol. The molecule has 1 aliphatic carbocycles. The Morgan fingerprint density at radius 3 is 2.48 bits per heavy atom. The van der Waals surface area contributed by atoms with Gasteiger partial charge in [0.15, 0.2) is 0 Å². The third-order valence-electron chi connectivity index (χ3n) is 8.53. The molecule has 236 valence electrons. The van der Waals surface area contributed by atoms with Crippen molar-refractivity contribution in [2.45, 2.75) is 37.1 Å². The number of ether oxygens (including phenoxy) is 2. The maximum Gasteiger partial charge on any atom is 0.332 e. The fraction of sp³-hybridized carbons (Fsp3) is 0.257. The summed E-state index contributed by atoms with van der Waals surface area (Å²) in [5, 5.41) is 13.3. The van der Waals surface area contributed by atoms with Crippen molar-refractivity contribution in [3.05, 3.63) is 103 Å². The van der Waals surface area contributed by atoms with Gasteiger partial charge in [0.25, 0.3) is 0 Å². The van der Waals surface area contributed by atoms with Crippen LogP contribution >= 0.6 is 0 Å². The lowest BCUT2D eigenvalue weighted by molar-refractivity contribution is -0.144. The molecule has 1 aromatic heterocycles. The Morgan fingerprint density at radius 2 is 1.80 bits per heavy atom. The number of likely N-dealkylation sites (tertiary alicyclic amines) is 1. The van der Waals surface area contributed by atoms with Crippen molar-refractivity contribution >= 4 is 28.8 Å². The second kappa shape index (κ2) is 12.9. The lowest BCUT2D eigenvalue weighted by Gasteiger charge is -2.25. The van der Waals surface area contributed by atoms with Crippen LogP contribution in [0.15, 0.2) is 97.6 Å². The summed E-state index contributed by atoms with van der Waals surface area (Å²) in [7, 11) is 1.59. The topological polar surface area (TPSA) is 142 Å². The Balaban J connectivity index is 1.27. The summed E-state index contributed by atoms with van der Waals surface area (Å²) >= 11 is 0. The molecule has 2 heterocycles. The smallest absolute Gasteiger partial charge is 0.332 e. The molecule has 46 heavy (non-hydrogen) atoms. The van der Waals surface area contributed by atoms with Crippen LogP contribution in [0.5, 0.6) is 11.5 Å². The third kappa shape index (κ3) is 6.22. The zero-order valence-electron chi connectivity index (χ0n) is 25.3. The Hall–Kier alpha value is -5.42. The highest BCUT2D eigenvalue weighted by Crippen LogP contribution is 2.45. The van der Waals surface area contributed by atoms with Crippen LogP contribution in [0.3, 0.4) is 0 Å². The van der Waals surface area contributed by atoms with Gasteiger partial charge in [0, 0.05) is 42.0 Å². The van der Waals surface area contributed by atoms with E-state index in [2.05, 4.69) is 22.7 Å². The Labute approximate surface area is 266 Å². The molecular formula is C35H35N5O6. The molecular weight excluding hydrogens is 586 g/mol. The van der Waals surface area contributed by atoms with Gasteiger partial charge in [-0.25, -0.2) is 20.0 Å². The molecule has 6 rings (SSSR count). The molecule has 3 amide bonds. The van der Waals surface area contributed by atoms with E-state index in [0.717, 1.165) is 16.5 Å². The number of hydrogen-bond donors (Lipinski definition) is 4. The van der Waals surface area contributed by atoms with Crippen LogP contribution in [-0.4, -0.2) is 64.2 Å². The Kier molecular flexibility index (Phi) is 8.58. The Morgan fingerprint density at radius 1 is 1.07 bits per heavy atom. The summed E-state index contributed by atoms with van der Waals surface area (Å²) in [6.45, 7) is 4.16. The lowest BCUT2D eigenvalue weighted by atomic mass is 10.1. The number of nitrogens with zero attached hydrogens (tertiary/aromatic N) is 2. The van der Waals surface area contributed by atoms with Gasteiger partial charge in [-0.2, -0.15) is 0 Å². The highest BCUT2D eigenvalue weighted by atomic mass is 16.5. The second-order valence-corrected chi connectivity index (χ2v) is 11.5.